The highest BCUT2D eigenvalue weighted by Crippen LogP contribution is 2.36. The molecule has 0 aliphatic heterocycles. The van der Waals surface area contributed by atoms with Crippen LogP contribution in [0.4, 0.5) is 0 Å². The molecule has 0 aliphatic rings. The summed E-state index contributed by atoms with van der Waals surface area (Å²) in [7, 11) is 9.00. The average molecular weight is 851 g/mol. The SMILES string of the molecule is Bc1c(B)c(-c2ccccc2)c(B)c(-c2cccc(-c3nc(-c4cccc(-c5ccccc5)c4)nc(-c4cccc(-c5cc(C)c6cc(-c7cccc8ccccc78)ccc6c5)c4)n3)c2)c1B. The van der Waals surface area contributed by atoms with E-state index in [2.05, 4.69) is 238 Å². The Morgan fingerprint density at radius 1 is 0.284 bits per heavy atom. The summed E-state index contributed by atoms with van der Waals surface area (Å²) in [5, 5.41) is 4.97. The summed E-state index contributed by atoms with van der Waals surface area (Å²) in [4.78, 5) is 15.8. The maximum absolute atomic E-state index is 5.30. The van der Waals surface area contributed by atoms with Gasteiger partial charge in [-0.25, -0.2) is 15.0 Å². The van der Waals surface area contributed by atoms with Gasteiger partial charge in [-0.05, 0) is 120 Å². The zero-order valence-corrected chi connectivity index (χ0v) is 38.5. The van der Waals surface area contributed by atoms with Crippen molar-refractivity contribution in [2.45, 2.75) is 6.92 Å². The Morgan fingerprint density at radius 3 is 1.40 bits per heavy atom. The maximum atomic E-state index is 5.30. The predicted molar refractivity (Wildman–Crippen MR) is 296 cm³/mol. The Morgan fingerprint density at radius 2 is 0.761 bits per heavy atom. The number of nitrogens with zero attached hydrogens (tertiary/aromatic N) is 3. The standard InChI is InChI=1S/C60H45B4N3/c1-36-30-48(33-42-28-29-43(35-51(36)42)50-27-13-19-38-16-8-9-26-49(38)50)41-21-11-24-46(32-41)59-65-58(45-23-10-20-40(31-45)37-14-4-2-5-15-37)66-60(67-59)47-25-12-22-44(34-47)53-54(61)52(39-17-6-3-7-18-39)55(62)57(64)56(53)63/h2-35H,61-64H2,1H3. The van der Waals surface area contributed by atoms with Crippen molar-refractivity contribution in [1.82, 2.24) is 15.0 Å². The van der Waals surface area contributed by atoms with Crippen LogP contribution in [0.5, 0.6) is 0 Å². The molecular weight excluding hydrogens is 806 g/mol. The van der Waals surface area contributed by atoms with Gasteiger partial charge in [0.25, 0.3) is 0 Å². The molecule has 67 heavy (non-hydrogen) atoms. The molecule has 7 heteroatoms. The molecule has 10 aromatic carbocycles. The Hall–Kier alpha value is -8.01. The first-order valence-corrected chi connectivity index (χ1v) is 23.1. The largest absolute Gasteiger partial charge is 0.208 e. The van der Waals surface area contributed by atoms with E-state index in [9.17, 15) is 0 Å². The maximum Gasteiger partial charge on any atom is 0.164 e. The topological polar surface area (TPSA) is 38.7 Å². The smallest absolute Gasteiger partial charge is 0.164 e. The van der Waals surface area contributed by atoms with Crippen LogP contribution in [-0.4, -0.2) is 46.3 Å². The van der Waals surface area contributed by atoms with Crippen molar-refractivity contribution in [2.24, 2.45) is 0 Å². The lowest BCUT2D eigenvalue weighted by Crippen LogP contribution is -2.46. The highest BCUT2D eigenvalue weighted by atomic mass is 15.0. The molecule has 1 aromatic heterocycles. The van der Waals surface area contributed by atoms with E-state index in [0.717, 1.165) is 44.5 Å². The van der Waals surface area contributed by atoms with Gasteiger partial charge in [-0.2, -0.15) is 0 Å². The fourth-order valence-corrected chi connectivity index (χ4v) is 10.1. The Bertz CT molecular complexity index is 3700. The second-order valence-corrected chi connectivity index (χ2v) is 17.8. The van der Waals surface area contributed by atoms with Gasteiger partial charge in [0, 0.05) is 16.7 Å². The average Bonchev–Trinajstić information content (AvgIpc) is 3.38. The van der Waals surface area contributed by atoms with Crippen LogP contribution in [0.25, 0.3) is 111 Å². The van der Waals surface area contributed by atoms with Crippen molar-refractivity contribution >= 4 is 74.8 Å². The second kappa shape index (κ2) is 17.4. The van der Waals surface area contributed by atoms with E-state index in [1.54, 1.807) is 0 Å². The third-order valence-corrected chi connectivity index (χ3v) is 13.7. The minimum absolute atomic E-state index is 0.625. The third-order valence-electron chi connectivity index (χ3n) is 13.7. The first kappa shape index (κ1) is 41.7. The molecule has 0 saturated carbocycles. The van der Waals surface area contributed by atoms with E-state index in [0.29, 0.717) is 17.5 Å². The summed E-state index contributed by atoms with van der Waals surface area (Å²) in [5.74, 6) is 1.88. The van der Waals surface area contributed by atoms with Gasteiger partial charge in [-0.3, -0.25) is 0 Å². The molecular formula is C60H45B4N3. The lowest BCUT2D eigenvalue weighted by molar-refractivity contribution is 1.07. The van der Waals surface area contributed by atoms with Crippen LogP contribution in [0.3, 0.4) is 0 Å². The number of rotatable bonds is 8. The van der Waals surface area contributed by atoms with Gasteiger partial charge in [0.05, 0.1) is 0 Å². The molecule has 11 aromatic rings. The molecule has 0 spiro atoms. The quantitative estimate of drug-likeness (QED) is 0.144. The van der Waals surface area contributed by atoms with E-state index in [4.69, 9.17) is 15.0 Å². The minimum atomic E-state index is 0.625. The Labute approximate surface area is 396 Å². The molecule has 0 bridgehead atoms. The molecule has 0 N–H and O–H groups in total. The minimum Gasteiger partial charge on any atom is -0.208 e. The normalized spacial score (nSPS) is 11.3. The van der Waals surface area contributed by atoms with Crippen molar-refractivity contribution in [1.29, 1.82) is 0 Å². The zero-order chi connectivity index (χ0) is 45.6. The van der Waals surface area contributed by atoms with Gasteiger partial charge < -0.3 is 0 Å². The van der Waals surface area contributed by atoms with Crippen molar-refractivity contribution in [3.63, 3.8) is 0 Å². The molecule has 11 rings (SSSR count). The van der Waals surface area contributed by atoms with Crippen molar-refractivity contribution in [3.8, 4) is 89.8 Å². The number of aromatic nitrogens is 3. The number of benzene rings is 10. The molecule has 0 aliphatic carbocycles. The number of hydrogen-bond donors (Lipinski definition) is 0. The summed E-state index contributed by atoms with van der Waals surface area (Å²) in [6.07, 6.45) is 0. The molecule has 1 heterocycles. The van der Waals surface area contributed by atoms with Gasteiger partial charge in [0.2, 0.25) is 0 Å². The lowest BCUT2D eigenvalue weighted by atomic mass is 9.62. The molecule has 312 valence electrons. The van der Waals surface area contributed by atoms with Crippen LogP contribution < -0.4 is 21.9 Å². The molecule has 0 amide bonds. The predicted octanol–water partition coefficient (Wildman–Crippen LogP) is 8.86. The van der Waals surface area contributed by atoms with Gasteiger partial charge in [-0.15, -0.1) is 5.46 Å². The van der Waals surface area contributed by atoms with Gasteiger partial charge >= 0.3 is 0 Å². The summed E-state index contributed by atoms with van der Waals surface area (Å²) in [6, 6.07) is 73.7. The number of fused-ring (bicyclic) bond motifs is 2. The Kier molecular flexibility index (Phi) is 10.8. The van der Waals surface area contributed by atoms with E-state index in [1.165, 1.54) is 76.8 Å². The third kappa shape index (κ3) is 7.87. The van der Waals surface area contributed by atoms with E-state index in [-0.39, 0.29) is 0 Å². The van der Waals surface area contributed by atoms with E-state index >= 15 is 0 Å². The van der Waals surface area contributed by atoms with Crippen LogP contribution in [0.1, 0.15) is 5.56 Å². The molecule has 0 unspecified atom stereocenters. The fraction of sp³-hybridized carbons (Fsp3) is 0.0167. The van der Waals surface area contributed by atoms with E-state index in [1.807, 2.05) is 6.07 Å². The first-order valence-electron chi connectivity index (χ1n) is 23.1. The monoisotopic (exact) mass is 851 g/mol. The molecule has 0 radical (unpaired) electrons. The highest BCUT2D eigenvalue weighted by molar-refractivity contribution is 6.63. The molecule has 0 fully saturated rings. The first-order chi connectivity index (χ1) is 32.8. The second-order valence-electron chi connectivity index (χ2n) is 17.8. The van der Waals surface area contributed by atoms with Crippen LogP contribution >= 0.6 is 0 Å². The summed E-state index contributed by atoms with van der Waals surface area (Å²) < 4.78 is 0. The Balaban J connectivity index is 1.02. The van der Waals surface area contributed by atoms with Gasteiger partial charge in [0.1, 0.15) is 31.4 Å². The van der Waals surface area contributed by atoms with Crippen LogP contribution in [0, 0.1) is 6.92 Å². The summed E-state index contributed by atoms with van der Waals surface area (Å²) in [6.45, 7) is 2.22. The zero-order valence-electron chi connectivity index (χ0n) is 38.5. The van der Waals surface area contributed by atoms with E-state index < -0.39 is 0 Å². The molecule has 0 saturated heterocycles. The van der Waals surface area contributed by atoms with Gasteiger partial charge in [-0.1, -0.05) is 192 Å². The van der Waals surface area contributed by atoms with Crippen LogP contribution in [0.2, 0.25) is 0 Å². The highest BCUT2D eigenvalue weighted by Gasteiger charge is 2.19. The molecule has 0 atom stereocenters. The summed E-state index contributed by atoms with van der Waals surface area (Å²) >= 11 is 0. The van der Waals surface area contributed by atoms with Crippen LogP contribution in [0.15, 0.2) is 206 Å². The van der Waals surface area contributed by atoms with Gasteiger partial charge in [0.15, 0.2) is 17.5 Å². The fourth-order valence-electron chi connectivity index (χ4n) is 10.1. The van der Waals surface area contributed by atoms with Crippen molar-refractivity contribution in [2.75, 3.05) is 0 Å². The molecule has 3 nitrogen and oxygen atoms in total. The lowest BCUT2D eigenvalue weighted by Gasteiger charge is -2.22. The number of hydrogen-bond acceptors (Lipinski definition) is 3. The van der Waals surface area contributed by atoms with Crippen LogP contribution in [-0.2, 0) is 0 Å². The van der Waals surface area contributed by atoms with Crippen molar-refractivity contribution in [3.05, 3.63) is 212 Å². The summed E-state index contributed by atoms with van der Waals surface area (Å²) in [5.41, 5.74) is 21.1. The van der Waals surface area contributed by atoms with Crippen molar-refractivity contribution < 1.29 is 0 Å². The number of aryl methyl sites for hydroxylation is 1.